The molecule has 0 fully saturated rings. The molecule has 0 aliphatic rings. The molecule has 1 N–H and O–H groups in total. The van der Waals surface area contributed by atoms with Crippen LogP contribution in [0, 0.1) is 0 Å². The van der Waals surface area contributed by atoms with E-state index in [4.69, 9.17) is 0 Å². The third-order valence-corrected chi connectivity index (χ3v) is 1.54. The second kappa shape index (κ2) is 4.96. The van der Waals surface area contributed by atoms with Crippen molar-refractivity contribution in [2.45, 2.75) is 26.3 Å². The molecule has 2 amide bonds. The lowest BCUT2D eigenvalue weighted by atomic mass is 10.3. The van der Waals surface area contributed by atoms with Gasteiger partial charge in [-0.2, -0.15) is 0 Å². The number of rotatable bonds is 3. The lowest BCUT2D eigenvalue weighted by Gasteiger charge is -2.17. The summed E-state index contributed by atoms with van der Waals surface area (Å²) in [5.41, 5.74) is 0. The van der Waals surface area contributed by atoms with Crippen LogP contribution in [0.25, 0.3) is 0 Å². The summed E-state index contributed by atoms with van der Waals surface area (Å²) in [6.07, 6.45) is 0.920. The largest absolute Gasteiger partial charge is 0.341 e. The highest BCUT2D eigenvalue weighted by atomic mass is 16.7. The van der Waals surface area contributed by atoms with E-state index < -0.39 is 0 Å². The lowest BCUT2D eigenvalue weighted by molar-refractivity contribution is -0.0654. The highest BCUT2D eigenvalue weighted by molar-refractivity contribution is 5.72. The second-order valence-corrected chi connectivity index (χ2v) is 2.44. The Morgan fingerprint density at radius 1 is 1.73 bits per heavy atom. The van der Waals surface area contributed by atoms with E-state index in [1.165, 1.54) is 7.11 Å². The number of hydroxylamine groups is 2. The second-order valence-electron chi connectivity index (χ2n) is 2.44. The summed E-state index contributed by atoms with van der Waals surface area (Å²) in [5, 5.41) is 3.90. The Bertz CT molecular complexity index is 128. The highest BCUT2D eigenvalue weighted by Crippen LogP contribution is 1.90. The fourth-order valence-electron chi connectivity index (χ4n) is 0.487. The SMILES string of the molecule is CCC(C)NC(=O)N(C)OC. The van der Waals surface area contributed by atoms with Gasteiger partial charge in [-0.05, 0) is 13.3 Å². The molecule has 0 aliphatic carbocycles. The standard InChI is InChI=1S/C7H16N2O2/c1-5-6(2)8-7(10)9(3)11-4/h6H,5H2,1-4H3,(H,8,10). The van der Waals surface area contributed by atoms with Gasteiger partial charge < -0.3 is 5.32 Å². The quantitative estimate of drug-likeness (QED) is 0.625. The molecule has 0 heterocycles. The van der Waals surface area contributed by atoms with E-state index in [1.54, 1.807) is 7.05 Å². The van der Waals surface area contributed by atoms with Crippen molar-refractivity contribution in [3.63, 3.8) is 0 Å². The third-order valence-electron chi connectivity index (χ3n) is 1.54. The molecule has 0 saturated carbocycles. The van der Waals surface area contributed by atoms with E-state index in [9.17, 15) is 4.79 Å². The zero-order valence-corrected chi connectivity index (χ0v) is 7.55. The molecule has 0 radical (unpaired) electrons. The number of hydrogen-bond donors (Lipinski definition) is 1. The molecule has 1 atom stereocenters. The van der Waals surface area contributed by atoms with Gasteiger partial charge in [0.25, 0.3) is 0 Å². The normalized spacial score (nSPS) is 12.4. The Morgan fingerprint density at radius 2 is 2.27 bits per heavy atom. The van der Waals surface area contributed by atoms with Crippen molar-refractivity contribution < 1.29 is 9.63 Å². The number of nitrogens with zero attached hydrogens (tertiary/aromatic N) is 1. The molecular formula is C7H16N2O2. The number of urea groups is 1. The van der Waals surface area contributed by atoms with Gasteiger partial charge in [-0.25, -0.2) is 9.86 Å². The molecule has 0 aromatic carbocycles. The van der Waals surface area contributed by atoms with Crippen molar-refractivity contribution in [1.82, 2.24) is 10.4 Å². The predicted molar refractivity (Wildman–Crippen MR) is 43.1 cm³/mol. The van der Waals surface area contributed by atoms with Gasteiger partial charge in [-0.3, -0.25) is 4.84 Å². The smallest absolute Gasteiger partial charge is 0.334 e. The van der Waals surface area contributed by atoms with Crippen LogP contribution in [0.1, 0.15) is 20.3 Å². The summed E-state index contributed by atoms with van der Waals surface area (Å²) in [5.74, 6) is 0. The number of amides is 2. The van der Waals surface area contributed by atoms with E-state index in [0.29, 0.717) is 0 Å². The molecule has 1 unspecified atom stereocenters. The van der Waals surface area contributed by atoms with Crippen molar-refractivity contribution in [1.29, 1.82) is 0 Å². The Labute approximate surface area is 67.5 Å². The van der Waals surface area contributed by atoms with Crippen LogP contribution < -0.4 is 5.32 Å². The molecule has 0 aromatic heterocycles. The highest BCUT2D eigenvalue weighted by Gasteiger charge is 2.08. The van der Waals surface area contributed by atoms with Gasteiger partial charge in [0.05, 0.1) is 7.11 Å². The maximum Gasteiger partial charge on any atom is 0.341 e. The van der Waals surface area contributed by atoms with Crippen LogP contribution in [0.4, 0.5) is 4.79 Å². The minimum Gasteiger partial charge on any atom is -0.334 e. The first-order valence-corrected chi connectivity index (χ1v) is 3.70. The van der Waals surface area contributed by atoms with Crippen LogP contribution in [0.5, 0.6) is 0 Å². The molecule has 0 rings (SSSR count). The Hall–Kier alpha value is -0.770. The minimum atomic E-state index is -0.207. The van der Waals surface area contributed by atoms with Crippen LogP contribution in [0.15, 0.2) is 0 Å². The molecule has 66 valence electrons. The maximum absolute atomic E-state index is 11.0. The number of carbonyl (C=O) groups is 1. The van der Waals surface area contributed by atoms with Crippen LogP contribution in [-0.4, -0.2) is 31.3 Å². The summed E-state index contributed by atoms with van der Waals surface area (Å²) >= 11 is 0. The van der Waals surface area contributed by atoms with Crippen molar-refractivity contribution >= 4 is 6.03 Å². The van der Waals surface area contributed by atoms with E-state index in [2.05, 4.69) is 10.2 Å². The van der Waals surface area contributed by atoms with Gasteiger partial charge >= 0.3 is 6.03 Å². The van der Waals surface area contributed by atoms with Gasteiger partial charge in [0.1, 0.15) is 0 Å². The van der Waals surface area contributed by atoms with Gasteiger partial charge in [0.2, 0.25) is 0 Å². The summed E-state index contributed by atoms with van der Waals surface area (Å²) in [6.45, 7) is 3.96. The molecule has 4 heteroatoms. The minimum absolute atomic E-state index is 0.195. The number of hydrogen-bond acceptors (Lipinski definition) is 2. The zero-order chi connectivity index (χ0) is 8.85. The first-order chi connectivity index (χ1) is 5.11. The average Bonchev–Trinajstić information content (AvgIpc) is 2.02. The van der Waals surface area contributed by atoms with Gasteiger partial charge in [0.15, 0.2) is 0 Å². The molecule has 0 spiro atoms. The molecular weight excluding hydrogens is 144 g/mol. The summed E-state index contributed by atoms with van der Waals surface area (Å²) in [7, 11) is 3.02. The van der Waals surface area contributed by atoms with Crippen molar-refractivity contribution in [3.05, 3.63) is 0 Å². The first kappa shape index (κ1) is 10.2. The lowest BCUT2D eigenvalue weighted by Crippen LogP contribution is -2.41. The van der Waals surface area contributed by atoms with Crippen LogP contribution in [0.2, 0.25) is 0 Å². The predicted octanol–water partition coefficient (Wildman–Crippen LogP) is 0.988. The van der Waals surface area contributed by atoms with E-state index in [0.717, 1.165) is 11.5 Å². The average molecular weight is 160 g/mol. The van der Waals surface area contributed by atoms with Gasteiger partial charge in [-0.15, -0.1) is 0 Å². The number of nitrogens with one attached hydrogen (secondary N) is 1. The first-order valence-electron chi connectivity index (χ1n) is 3.70. The fraction of sp³-hybridized carbons (Fsp3) is 0.857. The molecule has 0 aliphatic heterocycles. The molecule has 11 heavy (non-hydrogen) atoms. The monoisotopic (exact) mass is 160 g/mol. The summed E-state index contributed by atoms with van der Waals surface area (Å²) in [4.78, 5) is 15.7. The fourth-order valence-corrected chi connectivity index (χ4v) is 0.487. The summed E-state index contributed by atoms with van der Waals surface area (Å²) in [6, 6.07) is -0.0121. The Kier molecular flexibility index (Phi) is 4.61. The number of carbonyl (C=O) groups excluding carboxylic acids is 1. The van der Waals surface area contributed by atoms with Gasteiger partial charge in [0, 0.05) is 13.1 Å². The van der Waals surface area contributed by atoms with Crippen LogP contribution in [-0.2, 0) is 4.84 Å². The third kappa shape index (κ3) is 3.83. The van der Waals surface area contributed by atoms with Crippen LogP contribution >= 0.6 is 0 Å². The van der Waals surface area contributed by atoms with Gasteiger partial charge in [-0.1, -0.05) is 6.92 Å². The molecule has 0 bridgehead atoms. The Morgan fingerprint density at radius 3 is 2.64 bits per heavy atom. The van der Waals surface area contributed by atoms with E-state index in [1.807, 2.05) is 13.8 Å². The molecule has 0 aromatic rings. The van der Waals surface area contributed by atoms with Crippen molar-refractivity contribution in [2.75, 3.05) is 14.2 Å². The molecule has 4 nitrogen and oxygen atoms in total. The van der Waals surface area contributed by atoms with Crippen molar-refractivity contribution in [3.8, 4) is 0 Å². The van der Waals surface area contributed by atoms with Crippen LogP contribution in [0.3, 0.4) is 0 Å². The summed E-state index contributed by atoms with van der Waals surface area (Å²) < 4.78 is 0. The topological polar surface area (TPSA) is 41.6 Å². The Balaban J connectivity index is 3.68. The molecule has 0 saturated heterocycles. The van der Waals surface area contributed by atoms with E-state index >= 15 is 0 Å². The van der Waals surface area contributed by atoms with E-state index in [-0.39, 0.29) is 12.1 Å². The zero-order valence-electron chi connectivity index (χ0n) is 7.55. The van der Waals surface area contributed by atoms with Crippen molar-refractivity contribution in [2.24, 2.45) is 0 Å². The maximum atomic E-state index is 11.0.